The molecule has 0 aromatic heterocycles. The largest absolute Gasteiger partial charge is 0.342 e. The van der Waals surface area contributed by atoms with Crippen molar-refractivity contribution in [1.82, 2.24) is 5.32 Å². The first-order chi connectivity index (χ1) is 6.60. The van der Waals surface area contributed by atoms with Gasteiger partial charge in [-0.3, -0.25) is 4.79 Å². The second-order valence-corrected chi connectivity index (χ2v) is 3.59. The van der Waals surface area contributed by atoms with Gasteiger partial charge in [-0.05, 0) is 19.8 Å². The predicted octanol–water partition coefficient (Wildman–Crippen LogP) is 1.03. The van der Waals surface area contributed by atoms with E-state index in [0.29, 0.717) is 12.8 Å². The predicted molar refractivity (Wildman–Crippen MR) is 58.6 cm³/mol. The third-order valence-electron chi connectivity index (χ3n) is 1.94. The highest BCUT2D eigenvalue weighted by molar-refractivity contribution is 5.76. The lowest BCUT2D eigenvalue weighted by Gasteiger charge is -2.12. The molecule has 3 nitrogen and oxygen atoms in total. The number of nitrogens with one attached hydrogen (secondary N) is 1. The van der Waals surface area contributed by atoms with E-state index in [1.807, 2.05) is 13.8 Å². The van der Waals surface area contributed by atoms with E-state index in [0.717, 1.165) is 12.8 Å². The van der Waals surface area contributed by atoms with E-state index < -0.39 is 0 Å². The summed E-state index contributed by atoms with van der Waals surface area (Å²) in [6.07, 6.45) is 8.24. The number of amides is 1. The summed E-state index contributed by atoms with van der Waals surface area (Å²) in [4.78, 5) is 11.3. The fourth-order valence-corrected chi connectivity index (χ4v) is 1.11. The van der Waals surface area contributed by atoms with E-state index in [-0.39, 0.29) is 18.0 Å². The first kappa shape index (κ1) is 13.0. The molecule has 0 aromatic carbocycles. The number of carbonyl (C=O) groups excluding carboxylic acids is 1. The van der Waals surface area contributed by atoms with Gasteiger partial charge >= 0.3 is 0 Å². The third-order valence-corrected chi connectivity index (χ3v) is 1.94. The SMILES string of the molecule is C#CC(CCC)NC(=O)CCC(C)N. The molecule has 0 rings (SSSR count). The maximum atomic E-state index is 11.3. The Morgan fingerprint density at radius 1 is 1.57 bits per heavy atom. The van der Waals surface area contributed by atoms with E-state index in [2.05, 4.69) is 11.2 Å². The Hall–Kier alpha value is -1.01. The van der Waals surface area contributed by atoms with Crippen LogP contribution in [0.15, 0.2) is 0 Å². The van der Waals surface area contributed by atoms with Gasteiger partial charge in [-0.25, -0.2) is 0 Å². The molecule has 0 aliphatic rings. The first-order valence-electron chi connectivity index (χ1n) is 5.11. The maximum absolute atomic E-state index is 11.3. The second kappa shape index (κ2) is 7.40. The molecule has 80 valence electrons. The summed E-state index contributed by atoms with van der Waals surface area (Å²) < 4.78 is 0. The Morgan fingerprint density at radius 2 is 2.21 bits per heavy atom. The molecular weight excluding hydrogens is 176 g/mol. The number of rotatable bonds is 6. The molecule has 0 aromatic rings. The molecule has 0 spiro atoms. The highest BCUT2D eigenvalue weighted by Gasteiger charge is 2.08. The molecular formula is C11H20N2O. The van der Waals surface area contributed by atoms with E-state index in [9.17, 15) is 4.79 Å². The van der Waals surface area contributed by atoms with Gasteiger partial charge in [0.05, 0.1) is 6.04 Å². The van der Waals surface area contributed by atoms with Crippen molar-refractivity contribution in [3.63, 3.8) is 0 Å². The smallest absolute Gasteiger partial charge is 0.221 e. The van der Waals surface area contributed by atoms with Crippen LogP contribution in [0.4, 0.5) is 0 Å². The topological polar surface area (TPSA) is 55.1 Å². The highest BCUT2D eigenvalue weighted by atomic mass is 16.1. The van der Waals surface area contributed by atoms with Gasteiger partial charge in [0.15, 0.2) is 0 Å². The van der Waals surface area contributed by atoms with Crippen LogP contribution < -0.4 is 11.1 Å². The maximum Gasteiger partial charge on any atom is 0.221 e. The van der Waals surface area contributed by atoms with Gasteiger partial charge in [0.25, 0.3) is 0 Å². The summed E-state index contributed by atoms with van der Waals surface area (Å²) in [5.41, 5.74) is 5.54. The standard InChI is InChI=1S/C11H20N2O/c1-4-6-10(5-2)13-11(14)8-7-9(3)12/h2,9-10H,4,6-8,12H2,1,3H3,(H,13,14). The van der Waals surface area contributed by atoms with Gasteiger partial charge in [0.2, 0.25) is 5.91 Å². The molecule has 0 aliphatic carbocycles. The van der Waals surface area contributed by atoms with Crippen molar-refractivity contribution in [1.29, 1.82) is 0 Å². The average Bonchev–Trinajstić information content (AvgIpc) is 2.14. The highest BCUT2D eigenvalue weighted by Crippen LogP contribution is 1.98. The molecule has 0 aliphatic heterocycles. The molecule has 0 saturated heterocycles. The molecule has 1 amide bonds. The van der Waals surface area contributed by atoms with Crippen molar-refractivity contribution in [3.05, 3.63) is 0 Å². The minimum Gasteiger partial charge on any atom is -0.342 e. The number of hydrogen-bond donors (Lipinski definition) is 2. The number of hydrogen-bond acceptors (Lipinski definition) is 2. The van der Waals surface area contributed by atoms with Gasteiger partial charge in [-0.2, -0.15) is 0 Å². The number of nitrogens with two attached hydrogens (primary N) is 1. The van der Waals surface area contributed by atoms with Crippen LogP contribution in [0.3, 0.4) is 0 Å². The zero-order valence-corrected chi connectivity index (χ0v) is 9.05. The van der Waals surface area contributed by atoms with Gasteiger partial charge in [-0.15, -0.1) is 6.42 Å². The van der Waals surface area contributed by atoms with Crippen LogP contribution >= 0.6 is 0 Å². The van der Waals surface area contributed by atoms with E-state index in [4.69, 9.17) is 12.2 Å². The summed E-state index contributed by atoms with van der Waals surface area (Å²) in [5, 5.41) is 2.79. The monoisotopic (exact) mass is 196 g/mol. The van der Waals surface area contributed by atoms with Gasteiger partial charge in [0.1, 0.15) is 0 Å². The molecule has 3 heteroatoms. The van der Waals surface area contributed by atoms with Gasteiger partial charge < -0.3 is 11.1 Å². The Balaban J connectivity index is 3.75. The molecule has 2 unspecified atom stereocenters. The summed E-state index contributed by atoms with van der Waals surface area (Å²) >= 11 is 0. The fourth-order valence-electron chi connectivity index (χ4n) is 1.11. The Morgan fingerprint density at radius 3 is 2.64 bits per heavy atom. The van der Waals surface area contributed by atoms with Crippen molar-refractivity contribution in [2.24, 2.45) is 5.73 Å². The quantitative estimate of drug-likeness (QED) is 0.623. The molecule has 2 atom stereocenters. The zero-order chi connectivity index (χ0) is 11.0. The number of carbonyl (C=O) groups is 1. The Bertz CT molecular complexity index is 206. The van der Waals surface area contributed by atoms with Crippen molar-refractivity contribution in [3.8, 4) is 12.3 Å². The molecule has 3 N–H and O–H groups in total. The minimum atomic E-state index is -0.124. The van der Waals surface area contributed by atoms with Crippen LogP contribution in [0, 0.1) is 12.3 Å². The average molecular weight is 196 g/mol. The normalized spacial score (nSPS) is 14.1. The van der Waals surface area contributed by atoms with Crippen molar-refractivity contribution in [2.75, 3.05) is 0 Å². The van der Waals surface area contributed by atoms with Crippen molar-refractivity contribution >= 4 is 5.91 Å². The van der Waals surface area contributed by atoms with Crippen LogP contribution in [0.5, 0.6) is 0 Å². The lowest BCUT2D eigenvalue weighted by Crippen LogP contribution is -2.34. The van der Waals surface area contributed by atoms with E-state index in [1.54, 1.807) is 0 Å². The second-order valence-electron chi connectivity index (χ2n) is 3.59. The Kier molecular flexibility index (Phi) is 6.87. The van der Waals surface area contributed by atoms with Gasteiger partial charge in [0, 0.05) is 12.5 Å². The molecule has 0 fully saturated rings. The van der Waals surface area contributed by atoms with Crippen LogP contribution in [0.25, 0.3) is 0 Å². The molecule has 0 heterocycles. The fraction of sp³-hybridized carbons (Fsp3) is 0.727. The van der Waals surface area contributed by atoms with Crippen LogP contribution in [-0.4, -0.2) is 18.0 Å². The van der Waals surface area contributed by atoms with Crippen LogP contribution in [0.1, 0.15) is 39.5 Å². The molecule has 0 radical (unpaired) electrons. The van der Waals surface area contributed by atoms with Crippen LogP contribution in [-0.2, 0) is 4.79 Å². The minimum absolute atomic E-state index is 0.00120. The first-order valence-corrected chi connectivity index (χ1v) is 5.11. The third kappa shape index (κ3) is 6.50. The molecule has 0 bridgehead atoms. The van der Waals surface area contributed by atoms with Crippen molar-refractivity contribution < 1.29 is 4.79 Å². The lowest BCUT2D eigenvalue weighted by atomic mass is 10.1. The van der Waals surface area contributed by atoms with Crippen LogP contribution in [0.2, 0.25) is 0 Å². The summed E-state index contributed by atoms with van der Waals surface area (Å²) in [6.45, 7) is 3.93. The van der Waals surface area contributed by atoms with Gasteiger partial charge in [-0.1, -0.05) is 19.3 Å². The summed E-state index contributed by atoms with van der Waals surface area (Å²) in [7, 11) is 0. The lowest BCUT2D eigenvalue weighted by molar-refractivity contribution is -0.121. The van der Waals surface area contributed by atoms with E-state index >= 15 is 0 Å². The van der Waals surface area contributed by atoms with Crippen molar-refractivity contribution in [2.45, 2.75) is 51.6 Å². The number of terminal acetylenes is 1. The Labute approximate surface area is 86.4 Å². The zero-order valence-electron chi connectivity index (χ0n) is 9.05. The molecule has 0 saturated carbocycles. The molecule has 14 heavy (non-hydrogen) atoms. The summed E-state index contributed by atoms with van der Waals surface area (Å²) in [6, 6.07) is -0.0585. The summed E-state index contributed by atoms with van der Waals surface area (Å²) in [5.74, 6) is 2.56. The van der Waals surface area contributed by atoms with E-state index in [1.165, 1.54) is 0 Å².